The fraction of sp³-hybridized carbons (Fsp3) is 0.125. The standard InChI is InChI=1S/C16H18N4O4S/c1-12-7-9-14(10-8-12)25(21,22)24-20-16(17)19-18-11-13-5-3-4-6-15(13)23-2/h3-11H,1-2H3,(H3,17,19,20). The number of nitrogens with zero attached hydrogens (tertiary/aromatic N) is 2. The van der Waals surface area contributed by atoms with Crippen molar-refractivity contribution in [1.82, 2.24) is 5.48 Å². The van der Waals surface area contributed by atoms with E-state index in [4.69, 9.17) is 10.5 Å². The molecule has 132 valence electrons. The third kappa shape index (κ3) is 5.30. The van der Waals surface area contributed by atoms with Crippen LogP contribution < -0.4 is 16.0 Å². The molecule has 2 rings (SSSR count). The molecule has 0 saturated carbocycles. The van der Waals surface area contributed by atoms with Crippen molar-refractivity contribution in [3.63, 3.8) is 0 Å². The van der Waals surface area contributed by atoms with E-state index in [9.17, 15) is 8.42 Å². The highest BCUT2D eigenvalue weighted by Crippen LogP contribution is 2.14. The number of ether oxygens (including phenoxy) is 1. The van der Waals surface area contributed by atoms with Gasteiger partial charge in [0.05, 0.1) is 18.2 Å². The maximum absolute atomic E-state index is 12.0. The van der Waals surface area contributed by atoms with Crippen LogP contribution in [0.2, 0.25) is 0 Å². The summed E-state index contributed by atoms with van der Waals surface area (Å²) in [6.45, 7) is 1.85. The zero-order chi connectivity index (χ0) is 18.3. The van der Waals surface area contributed by atoms with E-state index in [1.807, 2.05) is 24.5 Å². The molecule has 8 nitrogen and oxygen atoms in total. The second-order valence-corrected chi connectivity index (χ2v) is 6.47. The summed E-state index contributed by atoms with van der Waals surface area (Å²) in [5.74, 6) is 0.299. The number of hydrogen-bond donors (Lipinski definition) is 2. The lowest BCUT2D eigenvalue weighted by atomic mass is 10.2. The van der Waals surface area contributed by atoms with Gasteiger partial charge in [-0.2, -0.15) is 13.5 Å². The highest BCUT2D eigenvalue weighted by molar-refractivity contribution is 7.86. The molecule has 0 aromatic heterocycles. The molecule has 25 heavy (non-hydrogen) atoms. The summed E-state index contributed by atoms with van der Waals surface area (Å²) in [5, 5.41) is 7.37. The molecular weight excluding hydrogens is 344 g/mol. The first-order valence-corrected chi connectivity index (χ1v) is 8.59. The third-order valence-corrected chi connectivity index (χ3v) is 4.22. The number of guanidine groups is 1. The van der Waals surface area contributed by atoms with Crippen molar-refractivity contribution in [2.24, 2.45) is 15.9 Å². The summed E-state index contributed by atoms with van der Waals surface area (Å²) >= 11 is 0. The summed E-state index contributed by atoms with van der Waals surface area (Å²) in [7, 11) is -2.47. The Morgan fingerprint density at radius 3 is 2.52 bits per heavy atom. The highest BCUT2D eigenvalue weighted by Gasteiger charge is 2.15. The van der Waals surface area contributed by atoms with Crippen molar-refractivity contribution in [3.8, 4) is 5.75 Å². The lowest BCUT2D eigenvalue weighted by Gasteiger charge is -2.06. The maximum Gasteiger partial charge on any atom is 0.317 e. The smallest absolute Gasteiger partial charge is 0.317 e. The molecule has 0 aliphatic carbocycles. The Hall–Kier alpha value is -2.91. The van der Waals surface area contributed by atoms with Crippen LogP contribution in [0.15, 0.2) is 63.6 Å². The van der Waals surface area contributed by atoms with Gasteiger partial charge in [-0.25, -0.2) is 5.48 Å². The van der Waals surface area contributed by atoms with Crippen LogP contribution in [0.3, 0.4) is 0 Å². The molecule has 0 radical (unpaired) electrons. The molecule has 0 unspecified atom stereocenters. The topological polar surface area (TPSA) is 115 Å². The number of nitrogens with two attached hydrogens (primary N) is 1. The van der Waals surface area contributed by atoms with Crippen molar-refractivity contribution in [3.05, 3.63) is 59.7 Å². The minimum absolute atomic E-state index is 0.00377. The Morgan fingerprint density at radius 1 is 1.16 bits per heavy atom. The van der Waals surface area contributed by atoms with Gasteiger partial charge in [0.25, 0.3) is 0 Å². The number of aryl methyl sites for hydroxylation is 1. The number of para-hydroxylation sites is 1. The number of nitrogens with one attached hydrogen (secondary N) is 1. The van der Waals surface area contributed by atoms with E-state index < -0.39 is 10.1 Å². The van der Waals surface area contributed by atoms with E-state index in [0.29, 0.717) is 11.3 Å². The molecular formula is C16H18N4O4S. The van der Waals surface area contributed by atoms with Crippen LogP contribution in [0, 0.1) is 6.92 Å². The third-order valence-electron chi connectivity index (χ3n) is 3.07. The SMILES string of the molecule is COc1ccccc1C=NN=C(N)NOS(=O)(=O)c1ccc(C)cc1. The zero-order valence-electron chi connectivity index (χ0n) is 13.7. The van der Waals surface area contributed by atoms with E-state index in [2.05, 4.69) is 14.5 Å². The molecule has 9 heteroatoms. The van der Waals surface area contributed by atoms with Crippen LogP contribution in [0.4, 0.5) is 0 Å². The monoisotopic (exact) mass is 362 g/mol. The lowest BCUT2D eigenvalue weighted by molar-refractivity contribution is 0.266. The molecule has 0 amide bonds. The van der Waals surface area contributed by atoms with Gasteiger partial charge in [-0.05, 0) is 31.2 Å². The molecule has 0 heterocycles. The second-order valence-electron chi connectivity index (χ2n) is 4.92. The first-order chi connectivity index (χ1) is 11.9. The number of hydroxylamine groups is 1. The fourth-order valence-corrected chi connectivity index (χ4v) is 2.56. The van der Waals surface area contributed by atoms with Gasteiger partial charge in [-0.15, -0.1) is 9.39 Å². The van der Waals surface area contributed by atoms with E-state index in [-0.39, 0.29) is 10.9 Å². The van der Waals surface area contributed by atoms with Gasteiger partial charge in [0, 0.05) is 5.56 Å². The zero-order valence-corrected chi connectivity index (χ0v) is 14.5. The summed E-state index contributed by atoms with van der Waals surface area (Å²) in [4.78, 5) is -0.00377. The van der Waals surface area contributed by atoms with E-state index in [1.54, 1.807) is 24.3 Å². The van der Waals surface area contributed by atoms with Gasteiger partial charge in [0.15, 0.2) is 0 Å². The Labute approximate surface area is 146 Å². The summed E-state index contributed by atoms with van der Waals surface area (Å²) in [5.41, 5.74) is 9.19. The number of rotatable bonds is 6. The van der Waals surface area contributed by atoms with Crippen LogP contribution >= 0.6 is 0 Å². The molecule has 0 spiro atoms. The molecule has 0 bridgehead atoms. The van der Waals surface area contributed by atoms with Crippen LogP contribution in [0.25, 0.3) is 0 Å². The highest BCUT2D eigenvalue weighted by atomic mass is 32.2. The number of benzene rings is 2. The van der Waals surface area contributed by atoms with Gasteiger partial charge in [-0.1, -0.05) is 29.8 Å². The van der Waals surface area contributed by atoms with Crippen LogP contribution in [-0.2, 0) is 14.4 Å². The summed E-state index contributed by atoms with van der Waals surface area (Å²) in [6, 6.07) is 13.4. The fourth-order valence-electron chi connectivity index (χ4n) is 1.80. The Bertz CT molecular complexity index is 877. The molecule has 0 saturated heterocycles. The molecule has 0 fully saturated rings. The van der Waals surface area contributed by atoms with Gasteiger partial charge in [0.2, 0.25) is 5.96 Å². The number of methoxy groups -OCH3 is 1. The van der Waals surface area contributed by atoms with E-state index >= 15 is 0 Å². The van der Waals surface area contributed by atoms with Crippen molar-refractivity contribution in [2.45, 2.75) is 11.8 Å². The molecule has 0 atom stereocenters. The van der Waals surface area contributed by atoms with Gasteiger partial charge in [0.1, 0.15) is 5.75 Å². The molecule has 3 N–H and O–H groups in total. The van der Waals surface area contributed by atoms with E-state index in [0.717, 1.165) is 5.56 Å². The van der Waals surface area contributed by atoms with Gasteiger partial charge >= 0.3 is 10.1 Å². The first-order valence-electron chi connectivity index (χ1n) is 7.18. The summed E-state index contributed by atoms with van der Waals surface area (Å²) < 4.78 is 33.7. The van der Waals surface area contributed by atoms with Crippen molar-refractivity contribution < 1.29 is 17.4 Å². The molecule has 2 aromatic rings. The molecule has 0 aliphatic rings. The van der Waals surface area contributed by atoms with Crippen molar-refractivity contribution in [1.29, 1.82) is 0 Å². The average Bonchev–Trinajstić information content (AvgIpc) is 2.61. The predicted molar refractivity (Wildman–Crippen MR) is 94.8 cm³/mol. The van der Waals surface area contributed by atoms with Crippen molar-refractivity contribution >= 4 is 22.3 Å². The van der Waals surface area contributed by atoms with Crippen LogP contribution in [0.1, 0.15) is 11.1 Å². The number of hydrogen-bond acceptors (Lipinski definition) is 6. The van der Waals surface area contributed by atoms with Gasteiger partial charge in [-0.3, -0.25) is 0 Å². The Kier molecular flexibility index (Phi) is 6.09. The molecule has 2 aromatic carbocycles. The maximum atomic E-state index is 12.0. The minimum Gasteiger partial charge on any atom is -0.496 e. The van der Waals surface area contributed by atoms with Crippen LogP contribution in [-0.4, -0.2) is 27.7 Å². The Morgan fingerprint density at radius 2 is 1.84 bits per heavy atom. The average molecular weight is 362 g/mol. The quantitative estimate of drug-likeness (QED) is 0.458. The largest absolute Gasteiger partial charge is 0.496 e. The normalized spacial score (nSPS) is 12.3. The lowest BCUT2D eigenvalue weighted by Crippen LogP contribution is -2.33. The van der Waals surface area contributed by atoms with Crippen molar-refractivity contribution in [2.75, 3.05) is 7.11 Å². The Balaban J connectivity index is 1.99. The first kappa shape index (κ1) is 18.4. The minimum atomic E-state index is -4.00. The molecule has 0 aliphatic heterocycles. The van der Waals surface area contributed by atoms with Gasteiger partial charge < -0.3 is 10.5 Å². The van der Waals surface area contributed by atoms with Crippen LogP contribution in [0.5, 0.6) is 5.75 Å². The van der Waals surface area contributed by atoms with E-state index in [1.165, 1.54) is 25.5 Å². The second kappa shape index (κ2) is 8.27. The predicted octanol–water partition coefficient (Wildman–Crippen LogP) is 1.56. The summed E-state index contributed by atoms with van der Waals surface area (Å²) in [6.07, 6.45) is 1.42.